The zero-order valence-corrected chi connectivity index (χ0v) is 9.30. The van der Waals surface area contributed by atoms with Crippen LogP contribution in [0.25, 0.3) is 0 Å². The zero-order valence-electron chi connectivity index (χ0n) is 7.49. The van der Waals surface area contributed by atoms with Crippen molar-refractivity contribution in [1.29, 1.82) is 0 Å². The molecular weight excluding hydrogens is 179 g/mol. The van der Waals surface area contributed by atoms with Gasteiger partial charge in [-0.1, -0.05) is 0 Å². The fraction of sp³-hybridized carbons (Fsp3) is 1.00. The van der Waals surface area contributed by atoms with Crippen LogP contribution in [0.2, 0.25) is 0 Å². The van der Waals surface area contributed by atoms with Crippen molar-refractivity contribution < 1.29 is 43.9 Å². The summed E-state index contributed by atoms with van der Waals surface area (Å²) in [6.07, 6.45) is 0.567. The molecule has 11 heavy (non-hydrogen) atoms. The van der Waals surface area contributed by atoms with Crippen LogP contribution in [-0.4, -0.2) is 28.0 Å². The summed E-state index contributed by atoms with van der Waals surface area (Å²) in [6.45, 7) is 0.448. The smallest absolute Gasteiger partial charge is 1.00 e. The second kappa shape index (κ2) is 9.08. The largest absolute Gasteiger partial charge is 1.00 e. The van der Waals surface area contributed by atoms with E-state index in [1.54, 1.807) is 0 Å². The topological polar surface area (TPSA) is 101 Å². The number of hydrogen-bond acceptors (Lipinski definition) is 5. The Bertz CT molecular complexity index is 120. The molecule has 2 atom stereocenters. The van der Waals surface area contributed by atoms with Crippen LogP contribution < -0.4 is 41.0 Å². The first kappa shape index (κ1) is 14.5. The van der Waals surface area contributed by atoms with Gasteiger partial charge in [-0.3, -0.25) is 4.18 Å². The van der Waals surface area contributed by atoms with Gasteiger partial charge in [-0.05, 0) is 13.0 Å². The van der Waals surface area contributed by atoms with Gasteiger partial charge in [0.15, 0.2) is 0 Å². The monoisotopic (exact) mass is 191 g/mol. The maximum Gasteiger partial charge on any atom is 1.00 e. The second-order valence-corrected chi connectivity index (χ2v) is 2.47. The van der Waals surface area contributed by atoms with Gasteiger partial charge in [-0.15, -0.1) is 0 Å². The quantitative estimate of drug-likeness (QED) is 0.337. The maximum atomic E-state index is 9.80. The van der Waals surface area contributed by atoms with E-state index in [1.807, 2.05) is 0 Å². The standard InChI is InChI=1S/C4H12N2O3S.Na.H/c5-2-1-4(6)3-9-10(7)8;;/h4H,1-3,5-6H2,(H,7,8);;/q;+1;-1/p-1. The number of nitrogens with two attached hydrogens (primary N) is 2. The normalized spacial score (nSPS) is 15.2. The van der Waals surface area contributed by atoms with Crippen LogP contribution in [-0.2, 0) is 15.5 Å². The van der Waals surface area contributed by atoms with E-state index in [2.05, 4.69) is 4.18 Å². The molecule has 0 bridgehead atoms. The summed E-state index contributed by atoms with van der Waals surface area (Å²) in [5.74, 6) is 0. The van der Waals surface area contributed by atoms with Crippen molar-refractivity contribution in [2.75, 3.05) is 13.2 Å². The van der Waals surface area contributed by atoms with Crippen LogP contribution in [0.1, 0.15) is 7.85 Å². The van der Waals surface area contributed by atoms with Crippen LogP contribution in [0.15, 0.2) is 0 Å². The summed E-state index contributed by atoms with van der Waals surface area (Å²) in [6, 6.07) is -0.289. The van der Waals surface area contributed by atoms with Crippen LogP contribution in [0.5, 0.6) is 0 Å². The molecule has 0 aliphatic carbocycles. The van der Waals surface area contributed by atoms with E-state index in [-0.39, 0.29) is 43.6 Å². The average Bonchev–Trinajstić information content (AvgIpc) is 1.85. The third kappa shape index (κ3) is 11.0. The van der Waals surface area contributed by atoms with Gasteiger partial charge >= 0.3 is 29.6 Å². The minimum absolute atomic E-state index is 0. The predicted molar refractivity (Wildman–Crippen MR) is 37.6 cm³/mol. The van der Waals surface area contributed by atoms with Gasteiger partial charge in [0.2, 0.25) is 0 Å². The van der Waals surface area contributed by atoms with Gasteiger partial charge in [0.1, 0.15) is 0 Å². The molecule has 4 N–H and O–H groups in total. The number of hydrogen-bond donors (Lipinski definition) is 2. The summed E-state index contributed by atoms with van der Waals surface area (Å²) >= 11 is -2.46. The van der Waals surface area contributed by atoms with Gasteiger partial charge in [0.05, 0.1) is 18.0 Å². The molecule has 7 heteroatoms. The second-order valence-electron chi connectivity index (χ2n) is 1.83. The SMILES string of the molecule is NCCC(N)COS(=O)[O-].[H-].[Na+]. The molecule has 0 saturated heterocycles. The summed E-state index contributed by atoms with van der Waals surface area (Å²) in [5.41, 5.74) is 10.5. The summed E-state index contributed by atoms with van der Waals surface area (Å²) in [5, 5.41) is 0. The first-order valence-electron chi connectivity index (χ1n) is 2.85. The molecule has 0 fully saturated rings. The van der Waals surface area contributed by atoms with Gasteiger partial charge in [0, 0.05) is 6.04 Å². The molecule has 0 aromatic heterocycles. The van der Waals surface area contributed by atoms with E-state index in [4.69, 9.17) is 11.5 Å². The van der Waals surface area contributed by atoms with Crippen molar-refractivity contribution in [3.8, 4) is 0 Å². The Morgan fingerprint density at radius 3 is 2.64 bits per heavy atom. The Morgan fingerprint density at radius 2 is 2.27 bits per heavy atom. The van der Waals surface area contributed by atoms with Crippen LogP contribution in [0.4, 0.5) is 0 Å². The van der Waals surface area contributed by atoms with Crippen molar-refractivity contribution in [1.82, 2.24) is 0 Å². The first-order valence-corrected chi connectivity index (χ1v) is 3.85. The Labute approximate surface area is 92.1 Å². The number of rotatable bonds is 5. The molecule has 5 nitrogen and oxygen atoms in total. The summed E-state index contributed by atoms with van der Waals surface area (Å²) in [4.78, 5) is 0. The van der Waals surface area contributed by atoms with Crippen molar-refractivity contribution in [3.63, 3.8) is 0 Å². The molecule has 0 saturated carbocycles. The van der Waals surface area contributed by atoms with Gasteiger partial charge < -0.3 is 17.4 Å². The van der Waals surface area contributed by atoms with Crippen LogP contribution in [0, 0.1) is 0 Å². The summed E-state index contributed by atoms with van der Waals surface area (Å²) < 4.78 is 23.8. The molecule has 0 aliphatic heterocycles. The molecule has 2 unspecified atom stereocenters. The van der Waals surface area contributed by atoms with E-state index < -0.39 is 11.4 Å². The van der Waals surface area contributed by atoms with Gasteiger partial charge in [0.25, 0.3) is 0 Å². The first-order chi connectivity index (χ1) is 4.66. The van der Waals surface area contributed by atoms with Crippen LogP contribution in [0.3, 0.4) is 0 Å². The molecule has 0 radical (unpaired) electrons. The van der Waals surface area contributed by atoms with Gasteiger partial charge in [-0.25, -0.2) is 4.21 Å². The molecule has 64 valence electrons. The fourth-order valence-electron chi connectivity index (χ4n) is 0.440. The summed E-state index contributed by atoms with van der Waals surface area (Å²) in [7, 11) is 0. The van der Waals surface area contributed by atoms with E-state index in [0.29, 0.717) is 13.0 Å². The van der Waals surface area contributed by atoms with E-state index in [1.165, 1.54) is 0 Å². The van der Waals surface area contributed by atoms with E-state index in [9.17, 15) is 8.76 Å². The van der Waals surface area contributed by atoms with Crippen LogP contribution >= 0.6 is 0 Å². The Hall–Kier alpha value is 0.990. The van der Waals surface area contributed by atoms with Crippen molar-refractivity contribution in [2.24, 2.45) is 11.5 Å². The molecule has 0 heterocycles. The Balaban J connectivity index is -0.000000405. The average molecular weight is 191 g/mol. The third-order valence-electron chi connectivity index (χ3n) is 0.916. The maximum absolute atomic E-state index is 9.80. The third-order valence-corrected chi connectivity index (χ3v) is 1.24. The zero-order chi connectivity index (χ0) is 7.98. The molecular formula is C4H12N2NaO3S-. The van der Waals surface area contributed by atoms with E-state index in [0.717, 1.165) is 0 Å². The molecule has 0 spiro atoms. The van der Waals surface area contributed by atoms with E-state index >= 15 is 0 Å². The fourth-order valence-corrected chi connectivity index (χ4v) is 0.726. The molecule has 0 aromatic carbocycles. The predicted octanol–water partition coefficient (Wildman–Crippen LogP) is -4.41. The Kier molecular flexibility index (Phi) is 12.0. The minimum Gasteiger partial charge on any atom is -1.00 e. The minimum atomic E-state index is -2.46. The molecule has 0 aliphatic rings. The molecule has 0 rings (SSSR count). The Morgan fingerprint density at radius 1 is 1.73 bits per heavy atom. The van der Waals surface area contributed by atoms with Crippen molar-refractivity contribution in [3.05, 3.63) is 0 Å². The van der Waals surface area contributed by atoms with Crippen molar-refractivity contribution in [2.45, 2.75) is 12.5 Å². The van der Waals surface area contributed by atoms with Gasteiger partial charge in [-0.2, -0.15) is 0 Å². The van der Waals surface area contributed by atoms with Crippen molar-refractivity contribution >= 4 is 11.4 Å². The molecule has 0 amide bonds. The molecule has 0 aromatic rings.